The lowest BCUT2D eigenvalue weighted by Gasteiger charge is -2.59. The first kappa shape index (κ1) is 27.7. The number of nitrogens with two attached hydrogens (primary N) is 1. The van der Waals surface area contributed by atoms with E-state index in [2.05, 4.69) is 18.8 Å². The molecule has 1 aliphatic heterocycles. The van der Waals surface area contributed by atoms with E-state index in [9.17, 15) is 19.8 Å². The number of aliphatic hydroxyl groups excluding tert-OH is 2. The molecule has 0 spiro atoms. The molecule has 8 nitrogen and oxygen atoms in total. The number of ketones is 2. The van der Waals surface area contributed by atoms with Gasteiger partial charge in [-0.1, -0.05) is 49.8 Å². The van der Waals surface area contributed by atoms with Crippen molar-refractivity contribution in [2.24, 2.45) is 28.6 Å². The van der Waals surface area contributed by atoms with Crippen LogP contribution in [0.2, 0.25) is 0 Å². The number of nitrogen functional groups attached to an aromatic ring is 1. The minimum atomic E-state index is -1.35. The number of carbonyl (C=O) groups excluding carboxylic acids is 2. The van der Waals surface area contributed by atoms with Crippen molar-refractivity contribution in [1.82, 2.24) is 4.98 Å². The molecule has 1 saturated heterocycles. The van der Waals surface area contributed by atoms with E-state index >= 15 is 0 Å². The maximum atomic E-state index is 13.7. The summed E-state index contributed by atoms with van der Waals surface area (Å²) in [6.07, 6.45) is 10.5. The van der Waals surface area contributed by atoms with Gasteiger partial charge in [0.1, 0.15) is 6.61 Å². The summed E-state index contributed by atoms with van der Waals surface area (Å²) in [6.45, 7) is 3.57. The van der Waals surface area contributed by atoms with Crippen LogP contribution in [0.25, 0.3) is 0 Å². The Balaban J connectivity index is 1.18. The third kappa shape index (κ3) is 3.85. The number of aliphatic hydroxyl groups is 2. The van der Waals surface area contributed by atoms with Crippen LogP contribution in [-0.2, 0) is 20.7 Å². The van der Waals surface area contributed by atoms with Gasteiger partial charge in [0.15, 0.2) is 17.7 Å². The largest absolute Gasteiger partial charge is 0.397 e. The second-order valence-electron chi connectivity index (χ2n) is 13.4. The maximum absolute atomic E-state index is 13.7. The number of carbonyl (C=O) groups is 1. The quantitative estimate of drug-likeness (QED) is 0.464. The highest BCUT2D eigenvalue weighted by atomic mass is 16.7. The summed E-state index contributed by atoms with van der Waals surface area (Å²) >= 11 is 0. The lowest BCUT2D eigenvalue weighted by molar-refractivity contribution is -0.201. The zero-order chi connectivity index (χ0) is 29.4. The van der Waals surface area contributed by atoms with Gasteiger partial charge in [-0.3, -0.25) is 14.6 Å². The highest BCUT2D eigenvalue weighted by molar-refractivity contribution is 6.02. The average molecular weight is 572 g/mol. The number of hydrogen-bond donors (Lipinski definition) is 3. The van der Waals surface area contributed by atoms with Crippen LogP contribution in [0, 0.1) is 28.6 Å². The number of benzene rings is 1. The number of fused-ring (bicyclic) bond motifs is 7. The number of allylic oxidation sites excluding steroid dienone is 4. The van der Waals surface area contributed by atoms with E-state index in [0.717, 1.165) is 35.1 Å². The van der Waals surface area contributed by atoms with Crippen LogP contribution < -0.4 is 5.73 Å². The summed E-state index contributed by atoms with van der Waals surface area (Å²) in [7, 11) is 0. The third-order valence-electron chi connectivity index (χ3n) is 11.3. The summed E-state index contributed by atoms with van der Waals surface area (Å²) < 4.78 is 13.3. The van der Waals surface area contributed by atoms with Crippen molar-refractivity contribution in [2.45, 2.75) is 70.1 Å². The molecule has 1 unspecified atom stereocenters. The normalized spacial score (nSPS) is 40.1. The van der Waals surface area contributed by atoms with Gasteiger partial charge >= 0.3 is 5.78 Å². The van der Waals surface area contributed by atoms with Gasteiger partial charge in [0.05, 0.1) is 17.9 Å². The molecule has 7 rings (SSSR count). The molecular weight excluding hydrogens is 532 g/mol. The van der Waals surface area contributed by atoms with E-state index in [-0.39, 0.29) is 34.7 Å². The summed E-state index contributed by atoms with van der Waals surface area (Å²) in [5.41, 5.74) is 8.14. The Kier molecular flexibility index (Phi) is 6.37. The van der Waals surface area contributed by atoms with Crippen molar-refractivity contribution in [2.75, 3.05) is 12.3 Å². The predicted octanol–water partition coefficient (Wildman–Crippen LogP) is 3.83. The lowest BCUT2D eigenvalue weighted by atomic mass is 9.46. The third-order valence-corrected chi connectivity index (χ3v) is 11.3. The molecule has 1 aromatic heterocycles. The van der Waals surface area contributed by atoms with Crippen molar-refractivity contribution >= 4 is 17.3 Å². The number of anilines is 1. The van der Waals surface area contributed by atoms with Gasteiger partial charge in [0.25, 0.3) is 0 Å². The second-order valence-corrected chi connectivity index (χ2v) is 13.4. The van der Waals surface area contributed by atoms with Gasteiger partial charge in [-0.25, -0.2) is 0 Å². The zero-order valence-electron chi connectivity index (χ0n) is 24.1. The van der Waals surface area contributed by atoms with Crippen molar-refractivity contribution in [1.29, 1.82) is 0 Å². The number of ether oxygens (including phenoxy) is 2. The minimum absolute atomic E-state index is 0.0430. The Hall–Kier alpha value is -3.17. The molecule has 42 heavy (non-hydrogen) atoms. The molecule has 5 N–H and O–H groups in total. The SMILES string of the molecule is C[C@]12C=CC(=[OH+])C=C1CCC1[C@@H]2[C@@H](O)C[C@@]2(C)[C@H]1C[C@H]1O[C@@H](c3ccc(Cc4cncc(N)c4)cc3)O[C@]12C(=O)CO. The smallest absolute Gasteiger partial charge is 0.339 e. The molecular formula is C34H39N2O6+. The first-order valence-corrected chi connectivity index (χ1v) is 15.0. The minimum Gasteiger partial charge on any atom is -0.397 e. The number of rotatable bonds is 5. The number of Topliss-reactive ketones (excluding diaryl/α,β-unsaturated/α-hetero) is 1. The van der Waals surface area contributed by atoms with Crippen molar-refractivity contribution in [3.63, 3.8) is 0 Å². The van der Waals surface area contributed by atoms with Crippen LogP contribution in [0.3, 0.4) is 0 Å². The Morgan fingerprint density at radius 3 is 2.71 bits per heavy atom. The van der Waals surface area contributed by atoms with Crippen molar-refractivity contribution in [3.8, 4) is 0 Å². The molecule has 4 aliphatic carbocycles. The first-order valence-electron chi connectivity index (χ1n) is 15.0. The summed E-state index contributed by atoms with van der Waals surface area (Å²) in [4.78, 5) is 28.0. The molecule has 1 aromatic carbocycles. The fourth-order valence-corrected chi connectivity index (χ4v) is 9.48. The molecule has 220 valence electrons. The Labute approximate surface area is 245 Å². The summed E-state index contributed by atoms with van der Waals surface area (Å²) in [5, 5.41) is 22.0. The highest BCUT2D eigenvalue weighted by Gasteiger charge is 2.75. The van der Waals surface area contributed by atoms with Crippen molar-refractivity contribution < 1.29 is 29.3 Å². The lowest BCUT2D eigenvalue weighted by Crippen LogP contribution is -2.63. The molecule has 5 aliphatic rings. The van der Waals surface area contributed by atoms with Crippen LogP contribution >= 0.6 is 0 Å². The molecule has 9 atom stereocenters. The molecule has 0 amide bonds. The Morgan fingerprint density at radius 1 is 1.19 bits per heavy atom. The van der Waals surface area contributed by atoms with Gasteiger partial charge in [-0.2, -0.15) is 0 Å². The van der Waals surface area contributed by atoms with Crippen molar-refractivity contribution in [3.05, 3.63) is 83.2 Å². The predicted molar refractivity (Wildman–Crippen MR) is 157 cm³/mol. The fraction of sp³-hybridized carbons (Fsp3) is 0.500. The zero-order valence-corrected chi connectivity index (χ0v) is 24.1. The topological polar surface area (TPSA) is 136 Å². The molecule has 3 saturated carbocycles. The maximum Gasteiger partial charge on any atom is 0.339 e. The van der Waals surface area contributed by atoms with Crippen LogP contribution in [0.15, 0.2) is 66.5 Å². The van der Waals surface area contributed by atoms with E-state index in [0.29, 0.717) is 24.9 Å². The number of nitrogens with zero attached hydrogens (tertiary/aromatic N) is 1. The molecule has 2 aromatic rings. The molecule has 8 heteroatoms. The van der Waals surface area contributed by atoms with Gasteiger partial charge in [0, 0.05) is 46.9 Å². The molecule has 2 heterocycles. The van der Waals surface area contributed by atoms with E-state index in [4.69, 9.17) is 15.2 Å². The Bertz CT molecular complexity index is 1500. The molecule has 0 bridgehead atoms. The van der Waals surface area contributed by atoms with Gasteiger partial charge in [-0.05, 0) is 61.1 Å². The molecule has 0 radical (unpaired) electrons. The summed E-state index contributed by atoms with van der Waals surface area (Å²) in [6, 6.07) is 9.86. The fourth-order valence-electron chi connectivity index (χ4n) is 9.48. The van der Waals surface area contributed by atoms with E-state index in [1.165, 1.54) is 0 Å². The van der Waals surface area contributed by atoms with Gasteiger partial charge < -0.3 is 25.4 Å². The Morgan fingerprint density at radius 2 is 1.98 bits per heavy atom. The number of pyridine rings is 1. The van der Waals surface area contributed by atoms with Crippen LogP contribution in [-0.4, -0.2) is 56.0 Å². The first-order chi connectivity index (χ1) is 20.1. The second kappa shape index (κ2) is 9.67. The highest BCUT2D eigenvalue weighted by Crippen LogP contribution is 2.70. The summed E-state index contributed by atoms with van der Waals surface area (Å²) in [5.74, 6) is 0.0513. The monoisotopic (exact) mass is 571 g/mol. The van der Waals surface area contributed by atoms with Gasteiger partial charge in [-0.15, -0.1) is 0 Å². The number of hydrogen-bond acceptors (Lipinski definition) is 7. The standard InChI is InChI=1S/C34H38N2O6/c1-32-10-9-24(38)13-22(32)7-8-25-26-14-29-34(28(40)18-37,33(26,2)15-27(39)30(25)32)42-31(41-29)21-5-3-19(4-6-21)11-20-12-23(35)17-36-16-20/h3-6,9-10,12-13,16-17,25-27,29-31,37,39H,7-8,11,14-15,18,35H2,1-2H3/p+1/t25?,26-,27-,29+,30+,31+,32-,33-,34+/m0/s1. The molecule has 4 fully saturated rings. The average Bonchev–Trinajstić information content (AvgIpc) is 3.46. The van der Waals surface area contributed by atoms with E-state index in [1.54, 1.807) is 18.5 Å². The van der Waals surface area contributed by atoms with Crippen LogP contribution in [0.4, 0.5) is 5.69 Å². The van der Waals surface area contributed by atoms with Gasteiger partial charge in [0.2, 0.25) is 0 Å². The van der Waals surface area contributed by atoms with E-state index in [1.807, 2.05) is 42.5 Å². The van der Waals surface area contributed by atoms with Crippen LogP contribution in [0.1, 0.15) is 62.5 Å². The van der Waals surface area contributed by atoms with E-state index < -0.39 is 36.1 Å². The van der Waals surface area contributed by atoms with Crippen LogP contribution in [0.5, 0.6) is 0 Å². The number of aromatic nitrogens is 1.